The number of aromatic nitrogens is 1. The molecule has 1 aromatic carbocycles. The van der Waals surface area contributed by atoms with Crippen LogP contribution in [0, 0.1) is 6.92 Å². The number of anilines is 2. The fourth-order valence-electron chi connectivity index (χ4n) is 1.51. The van der Waals surface area contributed by atoms with E-state index in [1.165, 1.54) is 25.3 Å². The predicted molar refractivity (Wildman–Crippen MR) is 69.5 cm³/mol. The highest BCUT2D eigenvalue weighted by atomic mass is 32.2. The molecule has 0 saturated carbocycles. The molecule has 19 heavy (non-hydrogen) atoms. The number of rotatable bonds is 4. The van der Waals surface area contributed by atoms with Gasteiger partial charge in [-0.1, -0.05) is 5.16 Å². The van der Waals surface area contributed by atoms with Crippen molar-refractivity contribution in [3.8, 4) is 5.75 Å². The summed E-state index contributed by atoms with van der Waals surface area (Å²) in [6, 6.07) is 5.82. The first kappa shape index (κ1) is 13.2. The second-order valence-corrected chi connectivity index (χ2v) is 5.49. The molecular weight excluding hydrogens is 270 g/mol. The average Bonchev–Trinajstić information content (AvgIpc) is 2.74. The van der Waals surface area contributed by atoms with E-state index in [4.69, 9.17) is 15.0 Å². The molecule has 0 aliphatic carbocycles. The monoisotopic (exact) mass is 283 g/mol. The number of methoxy groups -OCH3 is 1. The van der Waals surface area contributed by atoms with E-state index in [1.807, 2.05) is 0 Å². The topological polar surface area (TPSA) is 107 Å². The van der Waals surface area contributed by atoms with Gasteiger partial charge in [-0.3, -0.25) is 4.72 Å². The van der Waals surface area contributed by atoms with E-state index in [-0.39, 0.29) is 16.5 Å². The molecule has 7 nitrogen and oxygen atoms in total. The number of aryl methyl sites for hydroxylation is 1. The molecule has 0 amide bonds. The smallest absolute Gasteiger partial charge is 0.266 e. The molecular formula is C11H13N3O4S. The number of hydrogen-bond acceptors (Lipinski definition) is 6. The van der Waals surface area contributed by atoms with Crippen LogP contribution in [0.25, 0.3) is 0 Å². The summed E-state index contributed by atoms with van der Waals surface area (Å²) in [5.41, 5.74) is 5.91. The lowest BCUT2D eigenvalue weighted by Crippen LogP contribution is -2.14. The number of nitrogens with zero attached hydrogens (tertiary/aromatic N) is 1. The number of nitrogens with one attached hydrogen (secondary N) is 1. The molecule has 3 N–H and O–H groups in total. The first-order valence-corrected chi connectivity index (χ1v) is 6.80. The van der Waals surface area contributed by atoms with E-state index in [2.05, 4.69) is 9.88 Å². The molecule has 0 bridgehead atoms. The van der Waals surface area contributed by atoms with Crippen molar-refractivity contribution in [3.05, 3.63) is 30.0 Å². The van der Waals surface area contributed by atoms with Crippen LogP contribution < -0.4 is 15.2 Å². The number of benzene rings is 1. The van der Waals surface area contributed by atoms with Crippen molar-refractivity contribution >= 4 is 21.5 Å². The lowest BCUT2D eigenvalue weighted by atomic mass is 10.3. The van der Waals surface area contributed by atoms with Gasteiger partial charge in [-0.25, -0.2) is 8.42 Å². The maximum atomic E-state index is 12.2. The van der Waals surface area contributed by atoms with Crippen LogP contribution in [-0.4, -0.2) is 20.7 Å². The Hall–Kier alpha value is -2.22. The van der Waals surface area contributed by atoms with Crippen LogP contribution in [0.1, 0.15) is 5.76 Å². The molecule has 0 radical (unpaired) electrons. The molecule has 0 unspecified atom stereocenters. The van der Waals surface area contributed by atoms with Gasteiger partial charge in [0.15, 0.2) is 5.82 Å². The van der Waals surface area contributed by atoms with Gasteiger partial charge in [-0.15, -0.1) is 0 Å². The third-order valence-corrected chi connectivity index (χ3v) is 3.72. The lowest BCUT2D eigenvalue weighted by Gasteiger charge is -2.10. The molecule has 0 aliphatic heterocycles. The molecule has 0 saturated heterocycles. The molecule has 102 valence electrons. The number of sulfonamides is 1. The quantitative estimate of drug-likeness (QED) is 0.821. The van der Waals surface area contributed by atoms with Crippen molar-refractivity contribution < 1.29 is 17.7 Å². The Kier molecular flexibility index (Phi) is 3.34. The predicted octanol–water partition coefficient (Wildman–Crippen LogP) is 1.37. The lowest BCUT2D eigenvalue weighted by molar-refractivity contribution is 0.399. The summed E-state index contributed by atoms with van der Waals surface area (Å²) in [4.78, 5) is -0.0596. The summed E-state index contributed by atoms with van der Waals surface area (Å²) in [7, 11) is -2.46. The van der Waals surface area contributed by atoms with Gasteiger partial charge in [0.25, 0.3) is 10.0 Å². The van der Waals surface area contributed by atoms with E-state index in [9.17, 15) is 8.42 Å². The Morgan fingerprint density at radius 2 is 2.11 bits per heavy atom. The minimum atomic E-state index is -3.84. The number of hydrogen-bond donors (Lipinski definition) is 2. The highest BCUT2D eigenvalue weighted by Crippen LogP contribution is 2.27. The van der Waals surface area contributed by atoms with Crippen molar-refractivity contribution in [1.82, 2.24) is 5.16 Å². The van der Waals surface area contributed by atoms with Crippen molar-refractivity contribution in [2.24, 2.45) is 0 Å². The van der Waals surface area contributed by atoms with Crippen LogP contribution in [0.4, 0.5) is 11.5 Å². The molecule has 2 aromatic rings. The summed E-state index contributed by atoms with van der Waals surface area (Å²) < 4.78 is 36.5. The number of ether oxygens (including phenoxy) is 1. The molecule has 0 atom stereocenters. The zero-order valence-corrected chi connectivity index (χ0v) is 11.2. The maximum absolute atomic E-state index is 12.2. The van der Waals surface area contributed by atoms with Crippen molar-refractivity contribution in [2.45, 2.75) is 11.8 Å². The maximum Gasteiger partial charge on any atom is 0.266 e. The fourth-order valence-corrected chi connectivity index (χ4v) is 2.70. The summed E-state index contributed by atoms with van der Waals surface area (Å²) in [5, 5.41) is 3.57. The standard InChI is InChI=1S/C11H13N3O4S/c1-7-5-11(13-18-7)14-19(15,16)10-6-8(12)3-4-9(10)17-2/h3-6H,12H2,1-2H3,(H,13,14). The van der Waals surface area contributed by atoms with Crippen molar-refractivity contribution in [1.29, 1.82) is 0 Å². The van der Waals surface area contributed by atoms with Gasteiger partial charge in [0, 0.05) is 11.8 Å². The van der Waals surface area contributed by atoms with E-state index >= 15 is 0 Å². The van der Waals surface area contributed by atoms with E-state index in [0.29, 0.717) is 11.4 Å². The summed E-state index contributed by atoms with van der Waals surface area (Å²) in [6.07, 6.45) is 0. The fraction of sp³-hybridized carbons (Fsp3) is 0.182. The summed E-state index contributed by atoms with van der Waals surface area (Å²) in [5.74, 6) is 0.793. The first-order chi connectivity index (χ1) is 8.92. The molecule has 2 rings (SSSR count). The second kappa shape index (κ2) is 4.81. The largest absolute Gasteiger partial charge is 0.495 e. The second-order valence-electron chi connectivity index (χ2n) is 3.84. The van der Waals surface area contributed by atoms with Crippen LogP contribution >= 0.6 is 0 Å². The van der Waals surface area contributed by atoms with Crippen LogP contribution in [0.5, 0.6) is 5.75 Å². The highest BCUT2D eigenvalue weighted by molar-refractivity contribution is 7.92. The normalized spacial score (nSPS) is 11.3. The Morgan fingerprint density at radius 3 is 2.68 bits per heavy atom. The highest BCUT2D eigenvalue weighted by Gasteiger charge is 2.21. The van der Waals surface area contributed by atoms with E-state index < -0.39 is 10.0 Å². The Labute approximate surface area is 110 Å². The average molecular weight is 283 g/mol. The van der Waals surface area contributed by atoms with Crippen LogP contribution in [-0.2, 0) is 10.0 Å². The molecule has 1 heterocycles. The van der Waals surface area contributed by atoms with Gasteiger partial charge in [0.05, 0.1) is 7.11 Å². The van der Waals surface area contributed by atoms with Gasteiger partial charge >= 0.3 is 0 Å². The van der Waals surface area contributed by atoms with Crippen LogP contribution in [0.3, 0.4) is 0 Å². The molecule has 8 heteroatoms. The zero-order chi connectivity index (χ0) is 14.0. The minimum absolute atomic E-state index is 0.0596. The van der Waals surface area contributed by atoms with Crippen molar-refractivity contribution in [3.63, 3.8) is 0 Å². The summed E-state index contributed by atoms with van der Waals surface area (Å²) in [6.45, 7) is 1.66. The van der Waals surface area contributed by atoms with Gasteiger partial charge in [0.2, 0.25) is 0 Å². The van der Waals surface area contributed by atoms with Crippen LogP contribution in [0.15, 0.2) is 33.7 Å². The van der Waals surface area contributed by atoms with Gasteiger partial charge < -0.3 is 15.0 Å². The van der Waals surface area contributed by atoms with Gasteiger partial charge in [-0.05, 0) is 25.1 Å². The molecule has 0 aliphatic rings. The van der Waals surface area contributed by atoms with E-state index in [0.717, 1.165) is 0 Å². The Bertz CT molecular complexity index is 694. The molecule has 0 spiro atoms. The van der Waals surface area contributed by atoms with Gasteiger partial charge in [-0.2, -0.15) is 0 Å². The molecule has 1 aromatic heterocycles. The van der Waals surface area contributed by atoms with Crippen LogP contribution in [0.2, 0.25) is 0 Å². The SMILES string of the molecule is COc1ccc(N)cc1S(=O)(=O)Nc1cc(C)on1. The van der Waals surface area contributed by atoms with Gasteiger partial charge in [0.1, 0.15) is 16.4 Å². The third kappa shape index (κ3) is 2.79. The van der Waals surface area contributed by atoms with Crippen molar-refractivity contribution in [2.75, 3.05) is 17.6 Å². The Balaban J connectivity index is 2.41. The Morgan fingerprint density at radius 1 is 1.37 bits per heavy atom. The number of nitrogens with two attached hydrogens (primary N) is 1. The minimum Gasteiger partial charge on any atom is -0.495 e. The molecule has 0 fully saturated rings. The van der Waals surface area contributed by atoms with E-state index in [1.54, 1.807) is 13.0 Å². The summed E-state index contributed by atoms with van der Waals surface area (Å²) >= 11 is 0. The third-order valence-electron chi connectivity index (χ3n) is 2.34. The first-order valence-electron chi connectivity index (χ1n) is 5.32. The number of nitrogen functional groups attached to an aromatic ring is 1. The zero-order valence-electron chi connectivity index (χ0n) is 10.4.